The molecule has 0 aliphatic carbocycles. The third-order valence-electron chi connectivity index (χ3n) is 6.11. The second-order valence-corrected chi connectivity index (χ2v) is 8.61. The van der Waals surface area contributed by atoms with Crippen molar-refractivity contribution in [2.24, 2.45) is 4.99 Å². The number of hydrogen-bond donors (Lipinski definition) is 2. The monoisotopic (exact) mass is 454 g/mol. The maximum absolute atomic E-state index is 12.2. The van der Waals surface area contributed by atoms with Crippen LogP contribution < -0.4 is 10.1 Å². The Bertz CT molecular complexity index is 1470. The van der Waals surface area contributed by atoms with Crippen LogP contribution in [0, 0.1) is 6.92 Å². The Hall–Kier alpha value is -4.20. The summed E-state index contributed by atoms with van der Waals surface area (Å²) < 4.78 is 5.66. The summed E-state index contributed by atoms with van der Waals surface area (Å²) in [6.07, 6.45) is 1.93. The summed E-state index contributed by atoms with van der Waals surface area (Å²) >= 11 is 0. The second-order valence-electron chi connectivity index (χ2n) is 8.61. The van der Waals surface area contributed by atoms with Crippen LogP contribution in [-0.4, -0.2) is 52.7 Å². The van der Waals surface area contributed by atoms with Gasteiger partial charge in [-0.1, -0.05) is 12.1 Å². The summed E-state index contributed by atoms with van der Waals surface area (Å²) in [5, 5.41) is 4.09. The number of aryl methyl sites for hydroxylation is 1. The van der Waals surface area contributed by atoms with E-state index in [1.165, 1.54) is 11.1 Å². The molecule has 2 aromatic carbocycles. The molecule has 8 nitrogen and oxygen atoms in total. The molecule has 5 rings (SSSR count). The standard InChI is InChI=1S/C26H26N6O2/c1-14-10-17(25(33)32(3)4)7-9-21(14)29-26-30-23-22(24(31-26)34-5)20(13-28-23)16-6-8-19-15(2)27-12-18(19)11-16/h6-11,13H,12H2,1-5H3,(H2,28,29,30,31). The number of hydrogen-bond acceptors (Lipinski definition) is 6. The minimum Gasteiger partial charge on any atom is -0.480 e. The quantitative estimate of drug-likeness (QED) is 0.455. The van der Waals surface area contributed by atoms with Crippen molar-refractivity contribution in [2.45, 2.75) is 20.4 Å². The Morgan fingerprint density at radius 3 is 2.65 bits per heavy atom. The van der Waals surface area contributed by atoms with Crippen LogP contribution in [0.25, 0.3) is 22.2 Å². The lowest BCUT2D eigenvalue weighted by Crippen LogP contribution is -2.21. The van der Waals surface area contributed by atoms with Gasteiger partial charge < -0.3 is 19.9 Å². The molecule has 1 aliphatic heterocycles. The molecule has 1 amide bonds. The van der Waals surface area contributed by atoms with Crippen molar-refractivity contribution < 1.29 is 9.53 Å². The van der Waals surface area contributed by atoms with E-state index in [2.05, 4.69) is 43.5 Å². The van der Waals surface area contributed by atoms with Gasteiger partial charge in [-0.2, -0.15) is 9.97 Å². The van der Waals surface area contributed by atoms with Crippen molar-refractivity contribution in [2.75, 3.05) is 26.5 Å². The van der Waals surface area contributed by atoms with Gasteiger partial charge in [0.05, 0.1) is 19.0 Å². The molecular formula is C26H26N6O2. The number of benzene rings is 2. The maximum Gasteiger partial charge on any atom is 0.253 e. The van der Waals surface area contributed by atoms with Crippen LogP contribution in [0.4, 0.5) is 11.6 Å². The molecule has 2 N–H and O–H groups in total. The molecule has 0 unspecified atom stereocenters. The molecule has 0 atom stereocenters. The highest BCUT2D eigenvalue weighted by Crippen LogP contribution is 2.36. The van der Waals surface area contributed by atoms with Crippen molar-refractivity contribution in [1.29, 1.82) is 0 Å². The number of H-pyrrole nitrogens is 1. The SMILES string of the molecule is COc1nc(Nc2ccc(C(=O)N(C)C)cc2C)nc2[nH]cc(-c3ccc4c(c3)CN=C4C)c12. The van der Waals surface area contributed by atoms with Crippen LogP contribution in [0.2, 0.25) is 0 Å². The van der Waals surface area contributed by atoms with E-state index in [1.54, 1.807) is 32.2 Å². The molecule has 172 valence electrons. The predicted molar refractivity (Wildman–Crippen MR) is 134 cm³/mol. The number of carbonyl (C=O) groups excluding carboxylic acids is 1. The number of ether oxygens (including phenoxy) is 1. The van der Waals surface area contributed by atoms with Crippen LogP contribution in [0.5, 0.6) is 5.88 Å². The molecule has 0 bridgehead atoms. The minimum absolute atomic E-state index is 0.0406. The van der Waals surface area contributed by atoms with Gasteiger partial charge in [-0.05, 0) is 54.8 Å². The maximum atomic E-state index is 12.2. The number of aliphatic imine (C=N–C) groups is 1. The van der Waals surface area contributed by atoms with Crippen LogP contribution in [0.15, 0.2) is 47.6 Å². The molecule has 4 aromatic rings. The van der Waals surface area contributed by atoms with Gasteiger partial charge in [0.25, 0.3) is 5.91 Å². The predicted octanol–water partition coefficient (Wildman–Crippen LogP) is 4.71. The third kappa shape index (κ3) is 3.67. The largest absolute Gasteiger partial charge is 0.480 e. The van der Waals surface area contributed by atoms with Gasteiger partial charge in [-0.25, -0.2) is 0 Å². The molecule has 0 saturated carbocycles. The molecule has 2 aromatic heterocycles. The van der Waals surface area contributed by atoms with Crippen molar-refractivity contribution in [3.8, 4) is 17.0 Å². The van der Waals surface area contributed by atoms with E-state index in [0.29, 0.717) is 29.6 Å². The fourth-order valence-electron chi connectivity index (χ4n) is 4.28. The van der Waals surface area contributed by atoms with Crippen molar-refractivity contribution in [3.05, 3.63) is 64.8 Å². The number of fused-ring (bicyclic) bond motifs is 2. The van der Waals surface area contributed by atoms with Gasteiger partial charge in [0.1, 0.15) is 5.65 Å². The minimum atomic E-state index is -0.0406. The van der Waals surface area contributed by atoms with E-state index in [4.69, 9.17) is 4.74 Å². The normalized spacial score (nSPS) is 12.4. The number of methoxy groups -OCH3 is 1. The number of amides is 1. The number of nitrogens with zero attached hydrogens (tertiary/aromatic N) is 4. The Morgan fingerprint density at radius 2 is 1.91 bits per heavy atom. The number of aromatic amines is 1. The van der Waals surface area contributed by atoms with E-state index in [-0.39, 0.29) is 5.91 Å². The molecule has 34 heavy (non-hydrogen) atoms. The molecule has 1 aliphatic rings. The van der Waals surface area contributed by atoms with Gasteiger partial charge in [0.15, 0.2) is 0 Å². The van der Waals surface area contributed by atoms with Gasteiger partial charge in [0, 0.05) is 48.4 Å². The highest BCUT2D eigenvalue weighted by Gasteiger charge is 2.19. The molecule has 0 radical (unpaired) electrons. The first-order valence-electron chi connectivity index (χ1n) is 11.0. The number of nitrogens with one attached hydrogen (secondary N) is 2. The molecule has 8 heteroatoms. The first-order chi connectivity index (χ1) is 16.4. The van der Waals surface area contributed by atoms with Gasteiger partial charge in [0.2, 0.25) is 11.8 Å². The lowest BCUT2D eigenvalue weighted by Gasteiger charge is -2.14. The summed E-state index contributed by atoms with van der Waals surface area (Å²) in [5.74, 6) is 0.848. The van der Waals surface area contributed by atoms with E-state index >= 15 is 0 Å². The fourth-order valence-corrected chi connectivity index (χ4v) is 4.28. The Kier molecular flexibility index (Phi) is 5.28. The zero-order valence-electron chi connectivity index (χ0n) is 19.9. The third-order valence-corrected chi connectivity index (χ3v) is 6.11. The second kappa shape index (κ2) is 8.30. The zero-order chi connectivity index (χ0) is 24.0. The smallest absolute Gasteiger partial charge is 0.253 e. The van der Waals surface area contributed by atoms with Gasteiger partial charge in [-0.15, -0.1) is 0 Å². The van der Waals surface area contributed by atoms with Crippen LogP contribution in [-0.2, 0) is 6.54 Å². The van der Waals surface area contributed by atoms with Crippen molar-refractivity contribution in [1.82, 2.24) is 19.9 Å². The van der Waals surface area contributed by atoms with Crippen LogP contribution >= 0.6 is 0 Å². The van der Waals surface area contributed by atoms with Crippen LogP contribution in [0.1, 0.15) is 34.0 Å². The molecule has 3 heterocycles. The number of rotatable bonds is 5. The Morgan fingerprint density at radius 1 is 1.09 bits per heavy atom. The lowest BCUT2D eigenvalue weighted by atomic mass is 9.99. The number of carbonyl (C=O) groups is 1. The Labute approximate surface area is 197 Å². The van der Waals surface area contributed by atoms with Crippen molar-refractivity contribution in [3.63, 3.8) is 0 Å². The summed E-state index contributed by atoms with van der Waals surface area (Å²) in [5.41, 5.74) is 8.58. The topological polar surface area (TPSA) is 95.5 Å². The first-order valence-corrected chi connectivity index (χ1v) is 11.0. The molecule has 0 fully saturated rings. The number of anilines is 2. The molecule has 0 spiro atoms. The lowest BCUT2D eigenvalue weighted by molar-refractivity contribution is 0.0827. The highest BCUT2D eigenvalue weighted by atomic mass is 16.5. The summed E-state index contributed by atoms with van der Waals surface area (Å²) in [6, 6.07) is 11.9. The summed E-state index contributed by atoms with van der Waals surface area (Å²) in [6.45, 7) is 4.69. The number of aromatic nitrogens is 3. The average molecular weight is 455 g/mol. The summed E-state index contributed by atoms with van der Waals surface area (Å²) in [7, 11) is 5.08. The van der Waals surface area contributed by atoms with Crippen LogP contribution in [0.3, 0.4) is 0 Å². The fraction of sp³-hybridized carbons (Fsp3) is 0.231. The highest BCUT2D eigenvalue weighted by molar-refractivity contribution is 6.03. The van der Waals surface area contributed by atoms with Gasteiger partial charge >= 0.3 is 0 Å². The average Bonchev–Trinajstić information content (AvgIpc) is 3.42. The molecular weight excluding hydrogens is 428 g/mol. The first kappa shape index (κ1) is 21.6. The van der Waals surface area contributed by atoms with E-state index in [9.17, 15) is 4.79 Å². The summed E-state index contributed by atoms with van der Waals surface area (Å²) in [4.78, 5) is 30.9. The van der Waals surface area contributed by atoms with Crippen molar-refractivity contribution >= 4 is 34.3 Å². The van der Waals surface area contributed by atoms with E-state index in [1.807, 2.05) is 32.2 Å². The van der Waals surface area contributed by atoms with E-state index in [0.717, 1.165) is 33.5 Å². The zero-order valence-corrected chi connectivity index (χ0v) is 19.9. The van der Waals surface area contributed by atoms with E-state index < -0.39 is 0 Å². The van der Waals surface area contributed by atoms with Gasteiger partial charge in [-0.3, -0.25) is 9.79 Å². The Balaban J connectivity index is 1.49. The molecule has 0 saturated heterocycles.